The number of ketones is 1. The van der Waals surface area contributed by atoms with Crippen LogP contribution in [0.3, 0.4) is 0 Å². The molecule has 0 aromatic carbocycles. The van der Waals surface area contributed by atoms with Crippen molar-refractivity contribution in [2.45, 2.75) is 39.1 Å². The Kier molecular flexibility index (Phi) is 1.96. The minimum atomic E-state index is -0.892. The molecule has 0 radical (unpaired) electrons. The highest BCUT2D eigenvalue weighted by Gasteiger charge is 2.57. The predicted octanol–water partition coefficient (Wildman–Crippen LogP) is 1.36. The van der Waals surface area contributed by atoms with E-state index < -0.39 is 5.79 Å². The molecule has 0 amide bonds. The lowest BCUT2D eigenvalue weighted by Gasteiger charge is -2.34. The van der Waals surface area contributed by atoms with Crippen molar-refractivity contribution in [1.82, 2.24) is 0 Å². The van der Waals surface area contributed by atoms with Crippen molar-refractivity contribution < 1.29 is 14.3 Å². The third kappa shape index (κ3) is 1.07. The molecule has 4 unspecified atom stereocenters. The van der Waals surface area contributed by atoms with Crippen LogP contribution < -0.4 is 0 Å². The lowest BCUT2D eigenvalue weighted by atomic mass is 9.92. The monoisotopic (exact) mass is 184 g/mol. The zero-order chi connectivity index (χ0) is 9.64. The molecule has 0 aliphatic carbocycles. The van der Waals surface area contributed by atoms with Gasteiger partial charge in [0.15, 0.2) is 5.78 Å². The van der Waals surface area contributed by atoms with Gasteiger partial charge in [0.1, 0.15) is 0 Å². The molecule has 74 valence electrons. The number of fused-ring (bicyclic) bond motifs is 2. The van der Waals surface area contributed by atoms with E-state index in [1.807, 2.05) is 13.8 Å². The third-order valence-corrected chi connectivity index (χ3v) is 3.21. The predicted molar refractivity (Wildman–Crippen MR) is 47.2 cm³/mol. The van der Waals surface area contributed by atoms with Crippen LogP contribution >= 0.6 is 0 Å². The number of hydrogen-bond acceptors (Lipinski definition) is 3. The van der Waals surface area contributed by atoms with Crippen LogP contribution in [0.15, 0.2) is 0 Å². The van der Waals surface area contributed by atoms with Gasteiger partial charge in [-0.05, 0) is 0 Å². The molecule has 2 heterocycles. The van der Waals surface area contributed by atoms with E-state index in [0.29, 0.717) is 18.9 Å². The van der Waals surface area contributed by atoms with Gasteiger partial charge >= 0.3 is 0 Å². The van der Waals surface area contributed by atoms with Gasteiger partial charge in [0.05, 0.1) is 12.7 Å². The Morgan fingerprint density at radius 3 is 2.85 bits per heavy atom. The highest BCUT2D eigenvalue weighted by molar-refractivity contribution is 5.90. The summed E-state index contributed by atoms with van der Waals surface area (Å²) in [5.74, 6) is -0.431. The zero-order valence-electron chi connectivity index (χ0n) is 8.37. The average molecular weight is 184 g/mol. The largest absolute Gasteiger partial charge is 0.343 e. The molecule has 3 heteroatoms. The zero-order valence-corrected chi connectivity index (χ0v) is 8.37. The van der Waals surface area contributed by atoms with Crippen molar-refractivity contribution >= 4 is 5.78 Å². The summed E-state index contributed by atoms with van der Waals surface area (Å²) < 4.78 is 11.2. The Morgan fingerprint density at radius 2 is 2.23 bits per heavy atom. The summed E-state index contributed by atoms with van der Waals surface area (Å²) in [5.41, 5.74) is 0. The summed E-state index contributed by atoms with van der Waals surface area (Å²) in [4.78, 5) is 11.8. The molecule has 2 fully saturated rings. The molecule has 0 aromatic heterocycles. The first-order valence-corrected chi connectivity index (χ1v) is 4.97. The molecule has 2 bridgehead atoms. The first-order valence-electron chi connectivity index (χ1n) is 4.97. The van der Waals surface area contributed by atoms with Crippen molar-refractivity contribution in [3.05, 3.63) is 0 Å². The van der Waals surface area contributed by atoms with Gasteiger partial charge in [-0.2, -0.15) is 0 Å². The van der Waals surface area contributed by atoms with E-state index in [0.717, 1.165) is 0 Å². The molecule has 4 atom stereocenters. The number of carbonyl (C=O) groups is 1. The van der Waals surface area contributed by atoms with Crippen LogP contribution in [-0.2, 0) is 14.3 Å². The molecular formula is C10H16O3. The molecule has 0 aromatic rings. The Balaban J connectivity index is 2.31. The first-order chi connectivity index (χ1) is 6.10. The average Bonchev–Trinajstić information content (AvgIpc) is 2.36. The number of carbonyl (C=O) groups excluding carboxylic acids is 1. The molecule has 0 spiro atoms. The van der Waals surface area contributed by atoms with Gasteiger partial charge in [-0.15, -0.1) is 0 Å². The SMILES string of the molecule is CCC12OCC(C)C(O1)C(C)C2=O. The molecule has 3 nitrogen and oxygen atoms in total. The number of Topliss-reactive ketones (excluding diaryl/α,β-unsaturated/α-hetero) is 1. The Labute approximate surface area is 78.4 Å². The van der Waals surface area contributed by atoms with Crippen molar-refractivity contribution in [1.29, 1.82) is 0 Å². The highest BCUT2D eigenvalue weighted by atomic mass is 16.7. The highest BCUT2D eigenvalue weighted by Crippen LogP contribution is 2.42. The second-order valence-corrected chi connectivity index (χ2v) is 4.13. The van der Waals surface area contributed by atoms with E-state index in [1.165, 1.54) is 0 Å². The molecule has 2 aliphatic rings. The lowest BCUT2D eigenvalue weighted by molar-refractivity contribution is -0.266. The summed E-state index contributed by atoms with van der Waals surface area (Å²) >= 11 is 0. The third-order valence-electron chi connectivity index (χ3n) is 3.21. The van der Waals surface area contributed by atoms with Gasteiger partial charge in [0.2, 0.25) is 5.79 Å². The van der Waals surface area contributed by atoms with Crippen LogP contribution in [0.5, 0.6) is 0 Å². The maximum atomic E-state index is 11.8. The Morgan fingerprint density at radius 1 is 1.54 bits per heavy atom. The first kappa shape index (κ1) is 9.16. The summed E-state index contributed by atoms with van der Waals surface area (Å²) in [6.45, 7) is 6.59. The van der Waals surface area contributed by atoms with Crippen molar-refractivity contribution in [3.8, 4) is 0 Å². The van der Waals surface area contributed by atoms with Crippen LogP contribution in [-0.4, -0.2) is 24.3 Å². The van der Waals surface area contributed by atoms with Gasteiger partial charge in [0, 0.05) is 18.3 Å². The van der Waals surface area contributed by atoms with E-state index in [2.05, 4.69) is 6.92 Å². The lowest BCUT2D eigenvalue weighted by Crippen LogP contribution is -2.44. The molecule has 2 saturated heterocycles. The van der Waals surface area contributed by atoms with Gasteiger partial charge in [0.25, 0.3) is 0 Å². The summed E-state index contributed by atoms with van der Waals surface area (Å²) in [5, 5.41) is 0. The standard InChI is InChI=1S/C10H16O3/c1-4-10-9(11)7(3)8(13-10)6(2)5-12-10/h6-8H,4-5H2,1-3H3. The molecule has 0 N–H and O–H groups in total. The minimum absolute atomic E-state index is 0.00236. The maximum absolute atomic E-state index is 11.8. The quantitative estimate of drug-likeness (QED) is 0.617. The maximum Gasteiger partial charge on any atom is 0.229 e. The van der Waals surface area contributed by atoms with Crippen molar-refractivity contribution in [2.24, 2.45) is 11.8 Å². The summed E-state index contributed by atoms with van der Waals surface area (Å²) in [6, 6.07) is 0. The van der Waals surface area contributed by atoms with Gasteiger partial charge in [-0.1, -0.05) is 20.8 Å². The van der Waals surface area contributed by atoms with Gasteiger partial charge < -0.3 is 9.47 Å². The molecule has 13 heavy (non-hydrogen) atoms. The normalized spacial score (nSPS) is 49.8. The smallest absolute Gasteiger partial charge is 0.229 e. The van der Waals surface area contributed by atoms with Crippen LogP contribution in [0.25, 0.3) is 0 Å². The fraction of sp³-hybridized carbons (Fsp3) is 0.900. The van der Waals surface area contributed by atoms with E-state index in [-0.39, 0.29) is 17.8 Å². The van der Waals surface area contributed by atoms with Crippen LogP contribution in [0, 0.1) is 11.8 Å². The molecule has 2 aliphatic heterocycles. The fourth-order valence-corrected chi connectivity index (χ4v) is 2.31. The topological polar surface area (TPSA) is 35.5 Å². The van der Waals surface area contributed by atoms with Crippen LogP contribution in [0.2, 0.25) is 0 Å². The van der Waals surface area contributed by atoms with E-state index in [9.17, 15) is 4.79 Å². The van der Waals surface area contributed by atoms with Crippen molar-refractivity contribution in [2.75, 3.05) is 6.61 Å². The van der Waals surface area contributed by atoms with Gasteiger partial charge in [-0.3, -0.25) is 4.79 Å². The fourth-order valence-electron chi connectivity index (χ4n) is 2.31. The Bertz CT molecular complexity index is 238. The molecular weight excluding hydrogens is 168 g/mol. The number of hydrogen-bond donors (Lipinski definition) is 0. The number of ether oxygens (including phenoxy) is 2. The number of rotatable bonds is 1. The minimum Gasteiger partial charge on any atom is -0.343 e. The summed E-state index contributed by atoms with van der Waals surface area (Å²) in [6.07, 6.45) is 0.695. The van der Waals surface area contributed by atoms with Gasteiger partial charge in [-0.25, -0.2) is 0 Å². The molecule has 2 rings (SSSR count). The van der Waals surface area contributed by atoms with Crippen LogP contribution in [0.4, 0.5) is 0 Å². The van der Waals surface area contributed by atoms with E-state index in [1.54, 1.807) is 0 Å². The van der Waals surface area contributed by atoms with E-state index in [4.69, 9.17) is 9.47 Å². The second kappa shape index (κ2) is 2.79. The second-order valence-electron chi connectivity index (χ2n) is 4.13. The van der Waals surface area contributed by atoms with E-state index >= 15 is 0 Å². The summed E-state index contributed by atoms with van der Waals surface area (Å²) in [7, 11) is 0. The van der Waals surface area contributed by atoms with Crippen molar-refractivity contribution in [3.63, 3.8) is 0 Å². The molecule has 0 saturated carbocycles. The Hall–Kier alpha value is -0.410. The van der Waals surface area contributed by atoms with Crippen LogP contribution in [0.1, 0.15) is 27.2 Å².